The Bertz CT molecular complexity index is 104. The third-order valence-electron chi connectivity index (χ3n) is 0.723. The number of hydrazone groups is 1. The molecule has 0 radical (unpaired) electrons. The Morgan fingerprint density at radius 2 is 2.38 bits per heavy atom. The van der Waals surface area contributed by atoms with Gasteiger partial charge in [-0.15, -0.1) is 0 Å². The number of aliphatic imine (C=N–C) groups is 1. The normalized spacial score (nSPS) is 13.0. The predicted octanol–water partition coefficient (Wildman–Crippen LogP) is 0.412. The van der Waals surface area contributed by atoms with Crippen molar-refractivity contribution in [2.24, 2.45) is 15.9 Å². The van der Waals surface area contributed by atoms with Gasteiger partial charge in [0.1, 0.15) is 0 Å². The minimum atomic E-state index is 0.618. The summed E-state index contributed by atoms with van der Waals surface area (Å²) in [6.45, 7) is 4.32. The molecule has 0 spiro atoms. The molecule has 0 aliphatic heterocycles. The van der Waals surface area contributed by atoms with Crippen molar-refractivity contribution in [3.8, 4) is 0 Å². The van der Waals surface area contributed by atoms with Crippen LogP contribution in [0.4, 0.5) is 0 Å². The summed E-state index contributed by atoms with van der Waals surface area (Å²) in [5.41, 5.74) is 0.850. The molecular weight excluding hydrogens is 102 g/mol. The molecule has 0 bridgehead atoms. The highest BCUT2D eigenvalue weighted by molar-refractivity contribution is 5.84. The van der Waals surface area contributed by atoms with Gasteiger partial charge in [0.2, 0.25) is 0 Å². The number of nitrogens with zero attached hydrogens (tertiary/aromatic N) is 2. The van der Waals surface area contributed by atoms with Crippen LogP contribution in [0.15, 0.2) is 10.1 Å². The van der Waals surface area contributed by atoms with Crippen molar-refractivity contribution in [3.63, 3.8) is 0 Å². The molecule has 0 aromatic rings. The van der Waals surface area contributed by atoms with Crippen molar-refractivity contribution >= 4 is 11.9 Å². The molecule has 0 aromatic carbocycles. The standard InChI is InChI=1S/C5H11N3/c1-3-7-4-5(2)8-6/h3H,4,6H2,1-2H3/b7-3?,8-5-. The van der Waals surface area contributed by atoms with Crippen molar-refractivity contribution in [1.82, 2.24) is 0 Å². The van der Waals surface area contributed by atoms with E-state index in [4.69, 9.17) is 5.84 Å². The third-order valence-corrected chi connectivity index (χ3v) is 0.723. The Kier molecular flexibility index (Phi) is 3.84. The molecule has 46 valence electrons. The number of hydrogen-bond acceptors (Lipinski definition) is 3. The van der Waals surface area contributed by atoms with Gasteiger partial charge in [-0.05, 0) is 20.1 Å². The summed E-state index contributed by atoms with van der Waals surface area (Å²) in [5.74, 6) is 4.93. The van der Waals surface area contributed by atoms with Crippen molar-refractivity contribution < 1.29 is 0 Å². The first kappa shape index (κ1) is 7.14. The van der Waals surface area contributed by atoms with Gasteiger partial charge in [-0.2, -0.15) is 5.10 Å². The van der Waals surface area contributed by atoms with E-state index in [9.17, 15) is 0 Å². The first-order valence-corrected chi connectivity index (χ1v) is 2.49. The maximum Gasteiger partial charge on any atom is 0.0783 e. The second-order valence-corrected chi connectivity index (χ2v) is 1.46. The Labute approximate surface area is 49.3 Å². The Morgan fingerprint density at radius 3 is 2.75 bits per heavy atom. The summed E-state index contributed by atoms with van der Waals surface area (Å²) in [6.07, 6.45) is 1.73. The van der Waals surface area contributed by atoms with E-state index in [-0.39, 0.29) is 0 Å². The van der Waals surface area contributed by atoms with Crippen LogP contribution in [0.5, 0.6) is 0 Å². The molecule has 0 amide bonds. The lowest BCUT2D eigenvalue weighted by Gasteiger charge is -1.87. The molecule has 0 atom stereocenters. The van der Waals surface area contributed by atoms with Gasteiger partial charge in [0.25, 0.3) is 0 Å². The molecule has 8 heavy (non-hydrogen) atoms. The molecule has 3 heteroatoms. The maximum absolute atomic E-state index is 4.93. The van der Waals surface area contributed by atoms with Crippen LogP contribution in [-0.2, 0) is 0 Å². The summed E-state index contributed by atoms with van der Waals surface area (Å²) in [7, 11) is 0. The maximum atomic E-state index is 4.93. The molecule has 0 rings (SSSR count). The molecule has 0 aromatic heterocycles. The molecule has 0 aliphatic rings. The van der Waals surface area contributed by atoms with Gasteiger partial charge in [0, 0.05) is 0 Å². The van der Waals surface area contributed by atoms with E-state index in [1.54, 1.807) is 6.21 Å². The lowest BCUT2D eigenvalue weighted by atomic mass is 10.4. The first-order valence-electron chi connectivity index (χ1n) is 2.49. The van der Waals surface area contributed by atoms with Gasteiger partial charge < -0.3 is 5.84 Å². The van der Waals surface area contributed by atoms with Crippen LogP contribution in [0.25, 0.3) is 0 Å². The second-order valence-electron chi connectivity index (χ2n) is 1.46. The molecule has 0 saturated carbocycles. The zero-order chi connectivity index (χ0) is 6.41. The highest BCUT2D eigenvalue weighted by Crippen LogP contribution is 1.72. The molecular formula is C5H11N3. The first-order chi connectivity index (χ1) is 3.81. The van der Waals surface area contributed by atoms with Gasteiger partial charge in [-0.1, -0.05) is 0 Å². The summed E-state index contributed by atoms with van der Waals surface area (Å²) in [4.78, 5) is 3.91. The van der Waals surface area contributed by atoms with E-state index in [1.165, 1.54) is 0 Å². The van der Waals surface area contributed by atoms with Crippen molar-refractivity contribution in [2.45, 2.75) is 13.8 Å². The van der Waals surface area contributed by atoms with Gasteiger partial charge in [-0.3, -0.25) is 4.99 Å². The van der Waals surface area contributed by atoms with E-state index < -0.39 is 0 Å². The molecule has 0 saturated heterocycles. The average molecular weight is 113 g/mol. The van der Waals surface area contributed by atoms with E-state index >= 15 is 0 Å². The van der Waals surface area contributed by atoms with Crippen LogP contribution in [0.3, 0.4) is 0 Å². The molecule has 2 N–H and O–H groups in total. The third kappa shape index (κ3) is 3.33. The van der Waals surface area contributed by atoms with Crippen LogP contribution < -0.4 is 5.84 Å². The lowest BCUT2D eigenvalue weighted by molar-refractivity contribution is 1.18. The Morgan fingerprint density at radius 1 is 1.75 bits per heavy atom. The molecule has 0 unspecified atom stereocenters. The van der Waals surface area contributed by atoms with Crippen LogP contribution in [0.2, 0.25) is 0 Å². The van der Waals surface area contributed by atoms with Crippen molar-refractivity contribution in [3.05, 3.63) is 0 Å². The number of hydrogen-bond donors (Lipinski definition) is 1. The van der Waals surface area contributed by atoms with E-state index in [2.05, 4.69) is 10.1 Å². The summed E-state index contributed by atoms with van der Waals surface area (Å²) < 4.78 is 0. The quantitative estimate of drug-likeness (QED) is 0.315. The Balaban J connectivity index is 3.40. The second kappa shape index (κ2) is 4.30. The largest absolute Gasteiger partial charge is 0.323 e. The monoisotopic (exact) mass is 113 g/mol. The van der Waals surface area contributed by atoms with Crippen molar-refractivity contribution in [1.29, 1.82) is 0 Å². The Hall–Kier alpha value is -0.860. The fraction of sp³-hybridized carbons (Fsp3) is 0.600. The SMILES string of the molecule is CC=NC/C(C)=N\N. The minimum absolute atomic E-state index is 0.618. The van der Waals surface area contributed by atoms with Gasteiger partial charge in [0.15, 0.2) is 0 Å². The van der Waals surface area contributed by atoms with Gasteiger partial charge in [0.05, 0.1) is 12.3 Å². The van der Waals surface area contributed by atoms with Crippen LogP contribution >= 0.6 is 0 Å². The fourth-order valence-corrected chi connectivity index (χ4v) is 0.264. The lowest BCUT2D eigenvalue weighted by Crippen LogP contribution is -1.99. The van der Waals surface area contributed by atoms with Crippen LogP contribution in [0.1, 0.15) is 13.8 Å². The van der Waals surface area contributed by atoms with E-state index in [0.29, 0.717) is 6.54 Å². The molecule has 0 aliphatic carbocycles. The van der Waals surface area contributed by atoms with Gasteiger partial charge in [-0.25, -0.2) is 0 Å². The predicted molar refractivity (Wildman–Crippen MR) is 36.3 cm³/mol. The zero-order valence-corrected chi connectivity index (χ0v) is 5.26. The fourth-order valence-electron chi connectivity index (χ4n) is 0.264. The van der Waals surface area contributed by atoms with E-state index in [0.717, 1.165) is 5.71 Å². The number of rotatable bonds is 2. The minimum Gasteiger partial charge on any atom is -0.323 e. The van der Waals surface area contributed by atoms with Crippen LogP contribution in [0, 0.1) is 0 Å². The number of nitrogens with two attached hydrogens (primary N) is 1. The summed E-state index contributed by atoms with van der Waals surface area (Å²) >= 11 is 0. The topological polar surface area (TPSA) is 50.7 Å². The smallest absolute Gasteiger partial charge is 0.0783 e. The highest BCUT2D eigenvalue weighted by Gasteiger charge is 1.81. The zero-order valence-electron chi connectivity index (χ0n) is 5.26. The molecule has 0 heterocycles. The summed E-state index contributed by atoms with van der Waals surface area (Å²) in [6, 6.07) is 0. The molecule has 0 fully saturated rings. The molecule has 3 nitrogen and oxygen atoms in total. The van der Waals surface area contributed by atoms with Gasteiger partial charge >= 0.3 is 0 Å². The highest BCUT2D eigenvalue weighted by atomic mass is 15.1. The average Bonchev–Trinajstić information content (AvgIpc) is 1.83. The van der Waals surface area contributed by atoms with E-state index in [1.807, 2.05) is 13.8 Å². The van der Waals surface area contributed by atoms with Crippen molar-refractivity contribution in [2.75, 3.05) is 6.54 Å². The van der Waals surface area contributed by atoms with Crippen LogP contribution in [-0.4, -0.2) is 18.5 Å². The summed E-state index contributed by atoms with van der Waals surface area (Å²) in [5, 5.41) is 3.43.